The van der Waals surface area contributed by atoms with Crippen molar-refractivity contribution in [1.29, 1.82) is 0 Å². The highest BCUT2D eigenvalue weighted by Gasteiger charge is 2.01. The van der Waals surface area contributed by atoms with Crippen molar-refractivity contribution in [2.45, 2.75) is 75.8 Å². The Morgan fingerprint density at radius 2 is 0.596 bits per heavy atom. The van der Waals surface area contributed by atoms with E-state index in [1.165, 1.54) is 54.7 Å². The fraction of sp³-hybridized carbons (Fsp3) is 0.220. The zero-order chi connectivity index (χ0) is 40.5. The van der Waals surface area contributed by atoms with E-state index in [1.54, 1.807) is 0 Å². The number of aromatic amines is 4. The summed E-state index contributed by atoms with van der Waals surface area (Å²) in [4.78, 5) is 16.6. The summed E-state index contributed by atoms with van der Waals surface area (Å²) in [6.07, 6.45) is 9.72. The molecule has 0 saturated heterocycles. The van der Waals surface area contributed by atoms with Crippen molar-refractivity contribution in [2.24, 2.45) is 4.99 Å². The van der Waals surface area contributed by atoms with Gasteiger partial charge in [-0.1, -0.05) is 166 Å². The molecular formula is C50H67F2N5. The van der Waals surface area contributed by atoms with E-state index in [1.807, 2.05) is 161 Å². The lowest BCUT2D eigenvalue weighted by Crippen LogP contribution is -1.79. The Morgan fingerprint density at radius 3 is 0.877 bits per heavy atom. The van der Waals surface area contributed by atoms with Crippen LogP contribution in [-0.4, -0.2) is 26.2 Å². The summed E-state index contributed by atoms with van der Waals surface area (Å²) in [5.41, 5.74) is 7.44. The molecule has 5 nitrogen and oxygen atoms in total. The summed E-state index contributed by atoms with van der Waals surface area (Å²) < 4.78 is 0. The van der Waals surface area contributed by atoms with Crippen LogP contribution in [0.4, 0.5) is 9.41 Å². The van der Waals surface area contributed by atoms with Crippen molar-refractivity contribution in [2.75, 3.05) is 0 Å². The Kier molecular flexibility index (Phi) is 31.8. The maximum absolute atomic E-state index is 4.13. The monoisotopic (exact) mass is 776 g/mol. The van der Waals surface area contributed by atoms with Crippen LogP contribution in [0.2, 0.25) is 0 Å². The first-order chi connectivity index (χ1) is 27.3. The number of fused-ring (bicyclic) bond motifs is 5. The Balaban J connectivity index is 0. The van der Waals surface area contributed by atoms with Gasteiger partial charge in [0.05, 0.1) is 6.54 Å². The highest BCUT2D eigenvalue weighted by molar-refractivity contribution is 5.84. The lowest BCUT2D eigenvalue weighted by atomic mass is 10.1. The van der Waals surface area contributed by atoms with Gasteiger partial charge < -0.3 is 19.9 Å². The average Bonchev–Trinajstić information content (AvgIpc) is 4.15. The molecule has 306 valence electrons. The Morgan fingerprint density at radius 1 is 0.333 bits per heavy atom. The zero-order valence-corrected chi connectivity index (χ0v) is 35.7. The maximum Gasteiger partial charge on any atom is 0.0646 e. The highest BCUT2D eigenvalue weighted by atomic mass is 19.0. The minimum absolute atomic E-state index is 0. The molecule has 1 aliphatic rings. The van der Waals surface area contributed by atoms with Crippen molar-refractivity contribution in [3.8, 4) is 0 Å². The van der Waals surface area contributed by atoms with Crippen LogP contribution in [0, 0.1) is 0 Å². The van der Waals surface area contributed by atoms with Gasteiger partial charge >= 0.3 is 0 Å². The number of benzene rings is 5. The van der Waals surface area contributed by atoms with Gasteiger partial charge in [-0.05, 0) is 81.2 Å². The van der Waals surface area contributed by atoms with E-state index in [4.69, 9.17) is 0 Å². The van der Waals surface area contributed by atoms with Gasteiger partial charge in [-0.25, -0.2) is 0 Å². The molecule has 1 aliphatic heterocycles. The first kappa shape index (κ1) is 52.9. The summed E-state index contributed by atoms with van der Waals surface area (Å²) >= 11 is 0. The number of H-pyrrole nitrogens is 4. The molecular weight excluding hydrogens is 709 g/mol. The zero-order valence-electron chi connectivity index (χ0n) is 35.7. The molecule has 7 heteroatoms. The fourth-order valence-electron chi connectivity index (χ4n) is 5.03. The standard InChI is InChI=1S/5C8H7N.5C2H6.2FH/c1-2-4-8-6-9-5-7(8)3-1;4*1-2-4-8-7(3-1)5-6-9-8;5*1-2;;/h1-5H,6H2;4*1-6,9H;5*1-2H3;2*1H. The first-order valence-corrected chi connectivity index (χ1v) is 20.0. The highest BCUT2D eigenvalue weighted by Crippen LogP contribution is 2.13. The average molecular weight is 776 g/mol. The molecule has 0 amide bonds. The van der Waals surface area contributed by atoms with E-state index in [-0.39, 0.29) is 9.41 Å². The second kappa shape index (κ2) is 34.3. The van der Waals surface area contributed by atoms with Crippen LogP contribution < -0.4 is 0 Å². The Hall–Kier alpha value is -6.21. The number of hydrogen-bond acceptors (Lipinski definition) is 1. The lowest BCUT2D eigenvalue weighted by molar-refractivity contribution is 1.11. The summed E-state index contributed by atoms with van der Waals surface area (Å²) in [7, 11) is 0. The van der Waals surface area contributed by atoms with Gasteiger partial charge in [0.15, 0.2) is 0 Å². The SMILES string of the molecule is C1=NCc2ccccc21.CC.CC.CC.CC.CC.F.F.c1ccc2[nH]ccc2c1.c1ccc2[nH]ccc2c1.c1ccc2[nH]ccc2c1.c1ccc2[nH]ccc2c1. The summed E-state index contributed by atoms with van der Waals surface area (Å²) in [5, 5.41) is 5.10. The van der Waals surface area contributed by atoms with E-state index in [2.05, 4.69) is 110 Å². The van der Waals surface area contributed by atoms with Crippen molar-refractivity contribution in [3.63, 3.8) is 0 Å². The topological polar surface area (TPSA) is 75.5 Å². The second-order valence-corrected chi connectivity index (χ2v) is 10.4. The number of rotatable bonds is 0. The smallest absolute Gasteiger partial charge is 0.0646 e. The van der Waals surface area contributed by atoms with Gasteiger partial charge in [-0.15, -0.1) is 0 Å². The van der Waals surface area contributed by atoms with E-state index < -0.39 is 0 Å². The Bertz CT molecular complexity index is 1860. The normalized spacial score (nSPS) is 9.16. The summed E-state index contributed by atoms with van der Waals surface area (Å²) in [6, 6.07) is 49.4. The quantitative estimate of drug-likeness (QED) is 0.118. The molecule has 4 N–H and O–H groups in total. The number of aliphatic imine (C=N–C) groups is 1. The number of halogens is 2. The predicted molar refractivity (Wildman–Crippen MR) is 253 cm³/mol. The molecule has 5 aromatic carbocycles. The molecule has 5 heterocycles. The third kappa shape index (κ3) is 18.3. The third-order valence-corrected chi connectivity index (χ3v) is 7.40. The van der Waals surface area contributed by atoms with Gasteiger partial charge in [0.25, 0.3) is 0 Å². The van der Waals surface area contributed by atoms with E-state index in [9.17, 15) is 0 Å². The number of nitrogens with one attached hydrogen (secondary N) is 4. The molecule has 0 unspecified atom stereocenters. The van der Waals surface area contributed by atoms with Crippen LogP contribution in [0.25, 0.3) is 43.6 Å². The van der Waals surface area contributed by atoms with Gasteiger partial charge in [-0.3, -0.25) is 14.4 Å². The van der Waals surface area contributed by atoms with E-state index in [0.717, 1.165) is 6.54 Å². The second-order valence-electron chi connectivity index (χ2n) is 10.4. The van der Waals surface area contributed by atoms with Crippen LogP contribution >= 0.6 is 0 Å². The van der Waals surface area contributed by atoms with Gasteiger partial charge in [0.1, 0.15) is 0 Å². The predicted octanol–water partition coefficient (Wildman–Crippen LogP) is 15.7. The van der Waals surface area contributed by atoms with Gasteiger partial charge in [0.2, 0.25) is 0 Å². The minimum atomic E-state index is 0. The first-order valence-electron chi connectivity index (χ1n) is 20.0. The van der Waals surface area contributed by atoms with Crippen molar-refractivity contribution >= 4 is 49.8 Å². The molecule has 0 atom stereocenters. The summed E-state index contributed by atoms with van der Waals surface area (Å²) in [6.45, 7) is 20.9. The van der Waals surface area contributed by atoms with Crippen LogP contribution in [0.15, 0.2) is 175 Å². The van der Waals surface area contributed by atoms with Gasteiger partial charge in [-0.2, -0.15) is 0 Å². The lowest BCUT2D eigenvalue weighted by Gasteiger charge is -1.91. The molecule has 0 aliphatic carbocycles. The number of hydrogen-bond donors (Lipinski definition) is 4. The number of aromatic nitrogens is 4. The number of para-hydroxylation sites is 4. The van der Waals surface area contributed by atoms with Crippen LogP contribution in [0.5, 0.6) is 0 Å². The fourth-order valence-corrected chi connectivity index (χ4v) is 5.03. The Labute approximate surface area is 340 Å². The van der Waals surface area contributed by atoms with Crippen molar-refractivity contribution in [3.05, 3.63) is 182 Å². The largest absolute Gasteiger partial charge is 0.361 e. The number of nitrogens with zero attached hydrogens (tertiary/aromatic N) is 1. The third-order valence-electron chi connectivity index (χ3n) is 7.40. The van der Waals surface area contributed by atoms with Crippen LogP contribution in [0.1, 0.15) is 80.4 Å². The van der Waals surface area contributed by atoms with E-state index in [0.29, 0.717) is 0 Å². The van der Waals surface area contributed by atoms with Gasteiger partial charge in [0, 0.05) is 53.1 Å². The summed E-state index contributed by atoms with van der Waals surface area (Å²) in [5.74, 6) is 0. The van der Waals surface area contributed by atoms with Crippen LogP contribution in [0.3, 0.4) is 0 Å². The minimum Gasteiger partial charge on any atom is -0.361 e. The molecule has 57 heavy (non-hydrogen) atoms. The van der Waals surface area contributed by atoms with Crippen molar-refractivity contribution < 1.29 is 9.41 Å². The molecule has 0 radical (unpaired) electrons. The molecule has 0 fully saturated rings. The molecule has 0 spiro atoms. The maximum atomic E-state index is 4.13. The van der Waals surface area contributed by atoms with Crippen molar-refractivity contribution in [1.82, 2.24) is 19.9 Å². The molecule has 0 bridgehead atoms. The van der Waals surface area contributed by atoms with Crippen LogP contribution in [-0.2, 0) is 6.54 Å². The molecule has 10 rings (SSSR count). The molecule has 9 aromatic rings. The molecule has 0 saturated carbocycles. The molecule has 4 aromatic heterocycles. The van der Waals surface area contributed by atoms with E-state index >= 15 is 0 Å².